The molecule has 0 N–H and O–H groups in total. The van der Waals surface area contributed by atoms with Crippen LogP contribution in [0, 0.1) is 12.7 Å². The van der Waals surface area contributed by atoms with Crippen molar-refractivity contribution < 1.29 is 9.13 Å². The lowest BCUT2D eigenvalue weighted by Gasteiger charge is -2.38. The number of piperidine rings is 1. The van der Waals surface area contributed by atoms with Gasteiger partial charge in [-0.1, -0.05) is 30.8 Å². The molecule has 4 nitrogen and oxygen atoms in total. The van der Waals surface area contributed by atoms with Crippen LogP contribution in [0.5, 0.6) is 5.75 Å². The standard InChI is InChI=1S/C26H28FN3O/c1-18-16-29(17-28-18)25-12-11-21(15-26(25)31-4)14-22-8-7-13-30(19(22)2)20(3)23-9-5-6-10-24(23)27/h5-6,9-12,14-17,20H,2,7-8,13H2,1,3-4H3/b22-14+/t20-/m0/s1. The summed E-state index contributed by atoms with van der Waals surface area (Å²) < 4.78 is 21.9. The first-order valence-corrected chi connectivity index (χ1v) is 10.6. The Morgan fingerprint density at radius 3 is 2.74 bits per heavy atom. The highest BCUT2D eigenvalue weighted by molar-refractivity contribution is 5.63. The molecule has 31 heavy (non-hydrogen) atoms. The summed E-state index contributed by atoms with van der Waals surface area (Å²) in [5, 5.41) is 0. The summed E-state index contributed by atoms with van der Waals surface area (Å²) in [6, 6.07) is 13.1. The van der Waals surface area contributed by atoms with Crippen LogP contribution in [0.3, 0.4) is 0 Å². The number of benzene rings is 2. The number of halogens is 1. The van der Waals surface area contributed by atoms with E-state index >= 15 is 0 Å². The second-order valence-electron chi connectivity index (χ2n) is 7.96. The van der Waals surface area contributed by atoms with Crippen molar-refractivity contribution in [2.24, 2.45) is 0 Å². The van der Waals surface area contributed by atoms with Gasteiger partial charge in [0.1, 0.15) is 11.6 Å². The van der Waals surface area contributed by atoms with Crippen LogP contribution in [-0.4, -0.2) is 28.1 Å². The molecule has 0 saturated carbocycles. The number of allylic oxidation sites excluding steroid dienone is 1. The molecule has 0 radical (unpaired) electrons. The number of hydrogen-bond acceptors (Lipinski definition) is 3. The third-order valence-corrected chi connectivity index (χ3v) is 5.92. The normalized spacial score (nSPS) is 16.6. The van der Waals surface area contributed by atoms with Crippen LogP contribution in [-0.2, 0) is 0 Å². The zero-order valence-electron chi connectivity index (χ0n) is 18.3. The lowest BCUT2D eigenvalue weighted by atomic mass is 9.95. The predicted molar refractivity (Wildman–Crippen MR) is 123 cm³/mol. The van der Waals surface area contributed by atoms with Gasteiger partial charge in [0.15, 0.2) is 0 Å². The Kier molecular flexibility index (Phi) is 5.94. The van der Waals surface area contributed by atoms with Gasteiger partial charge in [0.25, 0.3) is 0 Å². The third kappa shape index (κ3) is 4.26. The van der Waals surface area contributed by atoms with Crippen molar-refractivity contribution in [2.75, 3.05) is 13.7 Å². The van der Waals surface area contributed by atoms with Gasteiger partial charge in [-0.05, 0) is 62.1 Å². The minimum absolute atomic E-state index is 0.0706. The van der Waals surface area contributed by atoms with Crippen LogP contribution in [0.15, 0.2) is 72.8 Å². The zero-order valence-corrected chi connectivity index (χ0v) is 18.3. The fraction of sp³-hybridized carbons (Fsp3) is 0.269. The summed E-state index contributed by atoms with van der Waals surface area (Å²) >= 11 is 0. The van der Waals surface area contributed by atoms with E-state index in [1.54, 1.807) is 19.5 Å². The van der Waals surface area contributed by atoms with Crippen LogP contribution < -0.4 is 4.74 Å². The van der Waals surface area contributed by atoms with Crippen molar-refractivity contribution in [1.29, 1.82) is 0 Å². The molecule has 5 heteroatoms. The highest BCUT2D eigenvalue weighted by Crippen LogP contribution is 2.35. The average molecular weight is 418 g/mol. The van der Waals surface area contributed by atoms with Crippen molar-refractivity contribution >= 4 is 6.08 Å². The van der Waals surface area contributed by atoms with Gasteiger partial charge in [-0.3, -0.25) is 0 Å². The molecule has 1 atom stereocenters. The molecule has 1 aromatic heterocycles. The second kappa shape index (κ2) is 8.80. The molecule has 3 aromatic rings. The summed E-state index contributed by atoms with van der Waals surface area (Å²) in [4.78, 5) is 6.50. The van der Waals surface area contributed by atoms with Gasteiger partial charge in [-0.2, -0.15) is 0 Å². The molecule has 2 heterocycles. The predicted octanol–water partition coefficient (Wildman–Crippen LogP) is 6.08. The molecule has 2 aromatic carbocycles. The fourth-order valence-electron chi connectivity index (χ4n) is 4.22. The van der Waals surface area contributed by atoms with Crippen molar-refractivity contribution in [3.63, 3.8) is 0 Å². The summed E-state index contributed by atoms with van der Waals surface area (Å²) in [5.41, 5.74) is 5.77. The molecule has 1 aliphatic heterocycles. The average Bonchev–Trinajstić information content (AvgIpc) is 3.21. The Hall–Kier alpha value is -3.34. The largest absolute Gasteiger partial charge is 0.495 e. The number of likely N-dealkylation sites (tertiary alicyclic amines) is 1. The molecule has 0 amide bonds. The molecule has 0 spiro atoms. The number of aryl methyl sites for hydroxylation is 1. The number of imidazole rings is 1. The van der Waals surface area contributed by atoms with Gasteiger partial charge in [0, 0.05) is 24.0 Å². The Morgan fingerprint density at radius 2 is 2.03 bits per heavy atom. The molecule has 0 aliphatic carbocycles. The smallest absolute Gasteiger partial charge is 0.143 e. The maximum absolute atomic E-state index is 14.3. The van der Waals surface area contributed by atoms with Crippen LogP contribution in [0.4, 0.5) is 4.39 Å². The Bertz CT molecular complexity index is 1130. The van der Waals surface area contributed by atoms with E-state index in [1.807, 2.05) is 48.9 Å². The summed E-state index contributed by atoms with van der Waals surface area (Å²) in [5.74, 6) is 0.610. The van der Waals surface area contributed by atoms with Gasteiger partial charge >= 0.3 is 0 Å². The highest BCUT2D eigenvalue weighted by atomic mass is 19.1. The fourth-order valence-corrected chi connectivity index (χ4v) is 4.22. The summed E-state index contributed by atoms with van der Waals surface area (Å²) in [6.45, 7) is 9.22. The van der Waals surface area contributed by atoms with E-state index < -0.39 is 0 Å². The van der Waals surface area contributed by atoms with E-state index in [1.165, 1.54) is 11.6 Å². The maximum Gasteiger partial charge on any atom is 0.143 e. The van der Waals surface area contributed by atoms with Gasteiger partial charge in [-0.15, -0.1) is 0 Å². The lowest BCUT2D eigenvalue weighted by Crippen LogP contribution is -2.31. The van der Waals surface area contributed by atoms with Crippen LogP contribution in [0.25, 0.3) is 11.8 Å². The van der Waals surface area contributed by atoms with Gasteiger partial charge in [0.05, 0.1) is 30.9 Å². The number of nitrogens with zero attached hydrogens (tertiary/aromatic N) is 3. The third-order valence-electron chi connectivity index (χ3n) is 5.92. The molecule has 1 aliphatic rings. The molecule has 4 rings (SSSR count). The number of hydrogen-bond donors (Lipinski definition) is 0. The van der Waals surface area contributed by atoms with Gasteiger partial charge in [-0.25, -0.2) is 9.37 Å². The summed E-state index contributed by atoms with van der Waals surface area (Å²) in [6.07, 6.45) is 7.88. The van der Waals surface area contributed by atoms with E-state index in [0.717, 1.165) is 47.8 Å². The number of aromatic nitrogens is 2. The van der Waals surface area contributed by atoms with Gasteiger partial charge in [0.2, 0.25) is 0 Å². The van der Waals surface area contributed by atoms with E-state index in [9.17, 15) is 4.39 Å². The monoisotopic (exact) mass is 417 g/mol. The first-order valence-electron chi connectivity index (χ1n) is 10.6. The quantitative estimate of drug-likeness (QED) is 0.504. The first-order chi connectivity index (χ1) is 15.0. The SMILES string of the molecule is C=C1/C(=C/c2ccc(-n3cnc(C)c3)c(OC)c2)CCCN1[C@@H](C)c1ccccc1F. The van der Waals surface area contributed by atoms with Crippen LogP contribution >= 0.6 is 0 Å². The topological polar surface area (TPSA) is 30.3 Å². The van der Waals surface area contributed by atoms with Crippen molar-refractivity contribution in [2.45, 2.75) is 32.7 Å². The maximum atomic E-state index is 14.3. The zero-order chi connectivity index (χ0) is 22.0. The van der Waals surface area contributed by atoms with E-state index in [2.05, 4.69) is 28.6 Å². The summed E-state index contributed by atoms with van der Waals surface area (Å²) in [7, 11) is 1.68. The molecule has 160 valence electrons. The van der Waals surface area contributed by atoms with E-state index in [0.29, 0.717) is 5.56 Å². The minimum Gasteiger partial charge on any atom is -0.495 e. The molecule has 1 saturated heterocycles. The molecule has 0 bridgehead atoms. The molecular formula is C26H28FN3O. The molecule has 0 unspecified atom stereocenters. The highest BCUT2D eigenvalue weighted by Gasteiger charge is 2.25. The van der Waals surface area contributed by atoms with Gasteiger partial charge < -0.3 is 14.2 Å². The number of ether oxygens (including phenoxy) is 1. The first kappa shape index (κ1) is 20.9. The van der Waals surface area contributed by atoms with Crippen molar-refractivity contribution in [3.05, 3.63) is 95.5 Å². The Balaban J connectivity index is 1.61. The minimum atomic E-state index is -0.172. The Labute approximate surface area is 183 Å². The van der Waals surface area contributed by atoms with Crippen molar-refractivity contribution in [3.8, 4) is 11.4 Å². The van der Waals surface area contributed by atoms with Crippen LogP contribution in [0.2, 0.25) is 0 Å². The van der Waals surface area contributed by atoms with E-state index in [4.69, 9.17) is 4.74 Å². The number of methoxy groups -OCH3 is 1. The second-order valence-corrected chi connectivity index (χ2v) is 7.96. The van der Waals surface area contributed by atoms with E-state index in [-0.39, 0.29) is 11.9 Å². The molecular weight excluding hydrogens is 389 g/mol. The molecule has 1 fully saturated rings. The Morgan fingerprint density at radius 1 is 1.23 bits per heavy atom. The number of rotatable bonds is 5. The van der Waals surface area contributed by atoms with Crippen LogP contribution in [0.1, 0.15) is 42.6 Å². The lowest BCUT2D eigenvalue weighted by molar-refractivity contribution is 0.251. The van der Waals surface area contributed by atoms with Crippen molar-refractivity contribution in [1.82, 2.24) is 14.5 Å².